The Morgan fingerprint density at radius 2 is 1.96 bits per heavy atom. The Labute approximate surface area is 145 Å². The SMILES string of the molecule is CC(N[S@](=O)C(C)(C)C)c1cnc(OCC(F)(F)C(F)F)c(Cl)c1. The largest absolute Gasteiger partial charge is 0.470 e. The van der Waals surface area contributed by atoms with Crippen molar-refractivity contribution in [1.82, 2.24) is 9.71 Å². The van der Waals surface area contributed by atoms with Gasteiger partial charge in [-0.1, -0.05) is 11.6 Å². The van der Waals surface area contributed by atoms with Crippen LogP contribution in [0.3, 0.4) is 0 Å². The number of nitrogens with one attached hydrogen (secondary N) is 1. The minimum atomic E-state index is -4.29. The van der Waals surface area contributed by atoms with Gasteiger partial charge in [0.1, 0.15) is 5.02 Å². The number of pyridine rings is 1. The quantitative estimate of drug-likeness (QED) is 0.712. The topological polar surface area (TPSA) is 51.2 Å². The number of alkyl halides is 4. The second kappa shape index (κ2) is 7.97. The van der Waals surface area contributed by atoms with Gasteiger partial charge in [0.05, 0.1) is 15.7 Å². The summed E-state index contributed by atoms with van der Waals surface area (Å²) in [5.41, 5.74) is 0.547. The van der Waals surface area contributed by atoms with Gasteiger partial charge < -0.3 is 4.74 Å². The normalized spacial score (nSPS) is 15.4. The Balaban J connectivity index is 2.79. The van der Waals surface area contributed by atoms with E-state index in [9.17, 15) is 21.8 Å². The van der Waals surface area contributed by atoms with Crippen LogP contribution in [0.5, 0.6) is 5.88 Å². The highest BCUT2D eigenvalue weighted by atomic mass is 35.5. The summed E-state index contributed by atoms with van der Waals surface area (Å²) in [6, 6.07) is 1.01. The molecule has 24 heavy (non-hydrogen) atoms. The molecule has 138 valence electrons. The van der Waals surface area contributed by atoms with Crippen molar-refractivity contribution >= 4 is 22.6 Å². The summed E-state index contributed by atoms with van der Waals surface area (Å²) in [6.07, 6.45) is -2.55. The first-order chi connectivity index (χ1) is 10.8. The van der Waals surface area contributed by atoms with Crippen LogP contribution in [0.2, 0.25) is 5.02 Å². The molecule has 1 unspecified atom stereocenters. The molecular weight excluding hydrogens is 372 g/mol. The van der Waals surface area contributed by atoms with Crippen molar-refractivity contribution in [3.8, 4) is 5.88 Å². The van der Waals surface area contributed by atoms with Crippen molar-refractivity contribution in [1.29, 1.82) is 0 Å². The van der Waals surface area contributed by atoms with Crippen molar-refractivity contribution in [2.45, 2.75) is 50.8 Å². The number of rotatable bonds is 7. The lowest BCUT2D eigenvalue weighted by atomic mass is 10.2. The van der Waals surface area contributed by atoms with E-state index in [4.69, 9.17) is 11.6 Å². The molecule has 1 N–H and O–H groups in total. The summed E-state index contributed by atoms with van der Waals surface area (Å²) in [7, 11) is -1.33. The molecule has 10 heteroatoms. The van der Waals surface area contributed by atoms with Crippen LogP contribution in [0.1, 0.15) is 39.3 Å². The second-order valence-corrected chi connectivity index (χ2v) is 8.53. The van der Waals surface area contributed by atoms with Gasteiger partial charge in [-0.3, -0.25) is 0 Å². The Kier molecular flexibility index (Phi) is 7.01. The van der Waals surface area contributed by atoms with Gasteiger partial charge in [-0.05, 0) is 39.3 Å². The highest BCUT2D eigenvalue weighted by Gasteiger charge is 2.42. The summed E-state index contributed by atoms with van der Waals surface area (Å²) in [5.74, 6) is -4.66. The van der Waals surface area contributed by atoms with Crippen LogP contribution in [-0.2, 0) is 11.0 Å². The first-order valence-corrected chi connectivity index (χ1v) is 8.49. The molecule has 0 bridgehead atoms. The summed E-state index contributed by atoms with van der Waals surface area (Å²) in [6.45, 7) is 5.59. The summed E-state index contributed by atoms with van der Waals surface area (Å²) in [4.78, 5) is 3.76. The first kappa shape index (κ1) is 21.1. The standard InChI is InChI=1S/C14H19ClF4N2O2S/c1-8(21-24(22)13(2,3)4)9-5-10(15)11(20-6-9)23-7-14(18,19)12(16)17/h5-6,8,12,21H,7H2,1-4H3/t8?,24-/m1/s1. The van der Waals surface area contributed by atoms with Crippen molar-refractivity contribution in [2.75, 3.05) is 6.61 Å². The number of hydrogen-bond acceptors (Lipinski definition) is 3. The molecule has 0 aliphatic rings. The summed E-state index contributed by atoms with van der Waals surface area (Å²) >= 11 is 5.88. The van der Waals surface area contributed by atoms with Gasteiger partial charge >= 0.3 is 12.3 Å². The van der Waals surface area contributed by atoms with Gasteiger partial charge in [-0.25, -0.2) is 22.7 Å². The zero-order valence-corrected chi connectivity index (χ0v) is 15.2. The maximum atomic E-state index is 12.8. The maximum absolute atomic E-state index is 12.8. The van der Waals surface area contributed by atoms with Crippen LogP contribution in [0, 0.1) is 0 Å². The number of nitrogens with zero attached hydrogens (tertiary/aromatic N) is 1. The molecule has 0 spiro atoms. The van der Waals surface area contributed by atoms with E-state index in [1.165, 1.54) is 12.3 Å². The minimum Gasteiger partial charge on any atom is -0.470 e. The Hall–Kier alpha value is -0.930. The molecule has 0 saturated heterocycles. The molecule has 1 rings (SSSR count). The Bertz CT molecular complexity index is 597. The van der Waals surface area contributed by atoms with E-state index in [0.717, 1.165) is 0 Å². The third kappa shape index (κ3) is 5.86. The van der Waals surface area contributed by atoms with Gasteiger partial charge in [-0.2, -0.15) is 8.78 Å². The average Bonchev–Trinajstić information content (AvgIpc) is 2.44. The number of ether oxygens (including phenoxy) is 1. The smallest absolute Gasteiger partial charge is 0.340 e. The average molecular weight is 391 g/mol. The fourth-order valence-electron chi connectivity index (χ4n) is 1.42. The molecule has 0 amide bonds. The molecule has 0 aliphatic heterocycles. The van der Waals surface area contributed by atoms with Crippen molar-refractivity contribution < 1.29 is 26.5 Å². The van der Waals surface area contributed by atoms with Crippen LogP contribution >= 0.6 is 11.6 Å². The summed E-state index contributed by atoms with van der Waals surface area (Å²) in [5, 5.41) is -0.104. The molecule has 1 aromatic rings. The first-order valence-electron chi connectivity index (χ1n) is 6.97. The fraction of sp³-hybridized carbons (Fsp3) is 0.643. The number of halogens is 5. The van der Waals surface area contributed by atoms with Gasteiger partial charge in [-0.15, -0.1) is 0 Å². The number of hydrogen-bond donors (Lipinski definition) is 1. The van der Waals surface area contributed by atoms with Crippen LogP contribution in [0.25, 0.3) is 0 Å². The van der Waals surface area contributed by atoms with Gasteiger partial charge in [0.15, 0.2) is 6.61 Å². The van der Waals surface area contributed by atoms with E-state index in [0.29, 0.717) is 5.56 Å². The number of aromatic nitrogens is 1. The van der Waals surface area contributed by atoms with Crippen LogP contribution in [0.4, 0.5) is 17.6 Å². The molecule has 1 aromatic heterocycles. The predicted molar refractivity (Wildman–Crippen MR) is 85.1 cm³/mol. The molecule has 0 aromatic carbocycles. The van der Waals surface area contributed by atoms with Crippen LogP contribution < -0.4 is 9.46 Å². The molecule has 0 saturated carbocycles. The van der Waals surface area contributed by atoms with Crippen molar-refractivity contribution in [3.05, 3.63) is 22.8 Å². The minimum absolute atomic E-state index is 0.104. The maximum Gasteiger partial charge on any atom is 0.340 e. The Morgan fingerprint density at radius 1 is 1.38 bits per heavy atom. The van der Waals surface area contributed by atoms with E-state index < -0.39 is 34.7 Å². The van der Waals surface area contributed by atoms with E-state index in [2.05, 4.69) is 14.4 Å². The van der Waals surface area contributed by atoms with E-state index in [1.54, 1.807) is 27.7 Å². The monoisotopic (exact) mass is 390 g/mol. The summed E-state index contributed by atoms with van der Waals surface area (Å²) < 4.78 is 68.9. The molecule has 2 atom stereocenters. The molecular formula is C14H19ClF4N2O2S. The second-order valence-electron chi connectivity index (χ2n) is 6.13. The molecule has 4 nitrogen and oxygen atoms in total. The lowest BCUT2D eigenvalue weighted by Gasteiger charge is -2.22. The van der Waals surface area contributed by atoms with E-state index >= 15 is 0 Å². The lowest BCUT2D eigenvalue weighted by molar-refractivity contribution is -0.148. The van der Waals surface area contributed by atoms with Crippen LogP contribution in [-0.4, -0.2) is 32.9 Å². The zero-order valence-electron chi connectivity index (χ0n) is 13.6. The third-order valence-electron chi connectivity index (χ3n) is 2.89. The third-order valence-corrected chi connectivity index (χ3v) is 4.84. The highest BCUT2D eigenvalue weighted by Crippen LogP contribution is 2.29. The van der Waals surface area contributed by atoms with Gasteiger partial charge in [0.25, 0.3) is 0 Å². The molecule has 0 aliphatic carbocycles. The molecule has 0 radical (unpaired) electrons. The van der Waals surface area contributed by atoms with Gasteiger partial charge in [0, 0.05) is 12.2 Å². The predicted octanol–water partition coefficient (Wildman–Crippen LogP) is 4.13. The van der Waals surface area contributed by atoms with Crippen LogP contribution in [0.15, 0.2) is 12.3 Å². The lowest BCUT2D eigenvalue weighted by Crippen LogP contribution is -2.35. The van der Waals surface area contributed by atoms with Gasteiger partial charge in [0.2, 0.25) is 5.88 Å². The zero-order chi connectivity index (χ0) is 18.7. The molecule has 1 heterocycles. The van der Waals surface area contributed by atoms with E-state index in [1.807, 2.05) is 0 Å². The van der Waals surface area contributed by atoms with Crippen molar-refractivity contribution in [3.63, 3.8) is 0 Å². The van der Waals surface area contributed by atoms with E-state index in [-0.39, 0.29) is 16.9 Å². The highest BCUT2D eigenvalue weighted by molar-refractivity contribution is 7.84. The van der Waals surface area contributed by atoms with Crippen molar-refractivity contribution in [2.24, 2.45) is 0 Å². The fourth-order valence-corrected chi connectivity index (χ4v) is 2.46. The Morgan fingerprint density at radius 3 is 2.42 bits per heavy atom. The molecule has 0 fully saturated rings.